The van der Waals surface area contributed by atoms with Gasteiger partial charge in [-0.1, -0.05) is 44.2 Å². The predicted octanol–water partition coefficient (Wildman–Crippen LogP) is 2.29. The lowest BCUT2D eigenvalue weighted by Gasteiger charge is -2.21. The number of hydrogen-bond acceptors (Lipinski definition) is 5. The zero-order valence-electron chi connectivity index (χ0n) is 18.7. The minimum atomic E-state index is 0.0617. The molecule has 0 aliphatic heterocycles. The third kappa shape index (κ3) is 4.79. The second-order valence-electron chi connectivity index (χ2n) is 8.03. The Bertz CT molecular complexity index is 950. The van der Waals surface area contributed by atoms with Gasteiger partial charge in [-0.15, -0.1) is 5.10 Å². The van der Waals surface area contributed by atoms with Crippen molar-refractivity contribution < 1.29 is 14.4 Å². The lowest BCUT2D eigenvalue weighted by atomic mass is 9.98. The summed E-state index contributed by atoms with van der Waals surface area (Å²) in [7, 11) is 7.56. The number of aromatic nitrogens is 4. The van der Waals surface area contributed by atoms with Crippen LogP contribution in [0, 0.1) is 0 Å². The van der Waals surface area contributed by atoms with E-state index in [4.69, 9.17) is 9.47 Å². The molecule has 1 atom stereocenters. The van der Waals surface area contributed by atoms with Crippen molar-refractivity contribution in [1.82, 2.24) is 20.2 Å². The van der Waals surface area contributed by atoms with E-state index in [1.165, 1.54) is 16.0 Å². The van der Waals surface area contributed by atoms with Crippen molar-refractivity contribution >= 4 is 0 Å². The lowest BCUT2D eigenvalue weighted by molar-refractivity contribution is -0.886. The number of methoxy groups -OCH3 is 2. The zero-order chi connectivity index (χ0) is 21.7. The Morgan fingerprint density at radius 3 is 2.20 bits per heavy atom. The summed E-state index contributed by atoms with van der Waals surface area (Å²) in [5.74, 6) is 2.84. The molecule has 1 heterocycles. The fourth-order valence-electron chi connectivity index (χ4n) is 3.66. The minimum absolute atomic E-state index is 0.0617. The maximum atomic E-state index is 5.42. The van der Waals surface area contributed by atoms with Crippen LogP contribution in [0.5, 0.6) is 11.5 Å². The molecule has 0 fully saturated rings. The van der Waals surface area contributed by atoms with Gasteiger partial charge in [0.2, 0.25) is 5.82 Å². The predicted molar refractivity (Wildman–Crippen MR) is 116 cm³/mol. The summed E-state index contributed by atoms with van der Waals surface area (Å²) in [6, 6.07) is 14.8. The topological polar surface area (TPSA) is 66.5 Å². The summed E-state index contributed by atoms with van der Waals surface area (Å²) >= 11 is 0. The first-order valence-corrected chi connectivity index (χ1v) is 10.3. The average Bonchev–Trinajstić information content (AvgIpc) is 3.20. The van der Waals surface area contributed by atoms with E-state index in [0.29, 0.717) is 12.5 Å². The van der Waals surface area contributed by atoms with Gasteiger partial charge in [0.25, 0.3) is 0 Å². The van der Waals surface area contributed by atoms with E-state index in [2.05, 4.69) is 67.7 Å². The van der Waals surface area contributed by atoms with Crippen molar-refractivity contribution in [2.45, 2.75) is 38.8 Å². The van der Waals surface area contributed by atoms with Crippen LogP contribution >= 0.6 is 0 Å². The first-order chi connectivity index (χ1) is 14.4. The van der Waals surface area contributed by atoms with Crippen LogP contribution in [0.4, 0.5) is 0 Å². The third-order valence-corrected chi connectivity index (χ3v) is 5.39. The van der Waals surface area contributed by atoms with E-state index >= 15 is 0 Å². The Balaban J connectivity index is 1.82. The molecule has 30 heavy (non-hydrogen) atoms. The number of ether oxygens (including phenoxy) is 2. The molecule has 0 radical (unpaired) electrons. The van der Waals surface area contributed by atoms with Gasteiger partial charge in [0.05, 0.1) is 28.3 Å². The number of tetrazole rings is 1. The van der Waals surface area contributed by atoms with Gasteiger partial charge >= 0.3 is 0 Å². The molecule has 0 aliphatic carbocycles. The van der Waals surface area contributed by atoms with Crippen molar-refractivity contribution in [3.05, 3.63) is 65.0 Å². The number of nitrogens with one attached hydrogen (secondary N) is 1. The van der Waals surface area contributed by atoms with E-state index in [1.54, 1.807) is 14.2 Å². The average molecular weight is 411 g/mol. The second-order valence-corrected chi connectivity index (χ2v) is 8.03. The molecule has 0 unspecified atom stereocenters. The van der Waals surface area contributed by atoms with Gasteiger partial charge in [-0.3, -0.25) is 0 Å². The third-order valence-electron chi connectivity index (χ3n) is 5.39. The highest BCUT2D eigenvalue weighted by atomic mass is 16.5. The molecule has 1 N–H and O–H groups in total. The second kappa shape index (κ2) is 9.71. The first kappa shape index (κ1) is 21.8. The maximum Gasteiger partial charge on any atom is 0.214 e. The molecule has 0 bridgehead atoms. The SMILES string of the molecule is COc1ccc(CCn2nnnc2[C@@H](c2ccc(C(C)C)cc2)[NH+](C)C)cc1OC. The van der Waals surface area contributed by atoms with Crippen molar-refractivity contribution in [3.63, 3.8) is 0 Å². The van der Waals surface area contributed by atoms with E-state index < -0.39 is 0 Å². The van der Waals surface area contributed by atoms with Crippen molar-refractivity contribution in [1.29, 1.82) is 0 Å². The molecule has 1 aromatic heterocycles. The first-order valence-electron chi connectivity index (χ1n) is 10.3. The Labute approximate surface area is 178 Å². The monoisotopic (exact) mass is 410 g/mol. The van der Waals surface area contributed by atoms with E-state index in [-0.39, 0.29) is 6.04 Å². The molecule has 0 saturated carbocycles. The molecule has 2 aromatic carbocycles. The number of aryl methyl sites for hydroxylation is 2. The Hall–Kier alpha value is -2.93. The van der Waals surface area contributed by atoms with Gasteiger partial charge in [0.1, 0.15) is 0 Å². The number of nitrogens with zero attached hydrogens (tertiary/aromatic N) is 4. The molecule has 0 saturated heterocycles. The van der Waals surface area contributed by atoms with Crippen LogP contribution in [0.2, 0.25) is 0 Å². The van der Waals surface area contributed by atoms with Crippen LogP contribution in [-0.2, 0) is 13.0 Å². The molecule has 0 aliphatic rings. The molecule has 0 amide bonds. The molecule has 3 aromatic rings. The summed E-state index contributed by atoms with van der Waals surface area (Å²) in [6.45, 7) is 5.10. The van der Waals surface area contributed by atoms with E-state index in [0.717, 1.165) is 29.3 Å². The largest absolute Gasteiger partial charge is 0.493 e. The Morgan fingerprint density at radius 1 is 0.933 bits per heavy atom. The maximum absolute atomic E-state index is 5.42. The fraction of sp³-hybridized carbons (Fsp3) is 0.435. The summed E-state index contributed by atoms with van der Waals surface area (Å²) < 4.78 is 12.6. The van der Waals surface area contributed by atoms with Crippen LogP contribution in [0.15, 0.2) is 42.5 Å². The highest BCUT2D eigenvalue weighted by Gasteiger charge is 2.27. The van der Waals surface area contributed by atoms with Crippen LogP contribution in [-0.4, -0.2) is 48.5 Å². The van der Waals surface area contributed by atoms with Crippen LogP contribution in [0.3, 0.4) is 0 Å². The van der Waals surface area contributed by atoms with Crippen LogP contribution in [0.25, 0.3) is 0 Å². The number of rotatable bonds is 9. The highest BCUT2D eigenvalue weighted by molar-refractivity contribution is 5.42. The van der Waals surface area contributed by atoms with Gasteiger partial charge in [-0.2, -0.15) is 0 Å². The van der Waals surface area contributed by atoms with Gasteiger partial charge in [-0.05, 0) is 46.0 Å². The fourth-order valence-corrected chi connectivity index (χ4v) is 3.66. The molecule has 7 nitrogen and oxygen atoms in total. The summed E-state index contributed by atoms with van der Waals surface area (Å²) in [5.41, 5.74) is 3.69. The van der Waals surface area contributed by atoms with Crippen molar-refractivity contribution in [2.75, 3.05) is 28.3 Å². The van der Waals surface area contributed by atoms with Crippen molar-refractivity contribution in [2.24, 2.45) is 0 Å². The number of benzene rings is 2. The van der Waals surface area contributed by atoms with E-state index in [1.807, 2.05) is 22.9 Å². The highest BCUT2D eigenvalue weighted by Crippen LogP contribution is 2.28. The van der Waals surface area contributed by atoms with Crippen molar-refractivity contribution in [3.8, 4) is 11.5 Å². The molecule has 0 spiro atoms. The van der Waals surface area contributed by atoms with Gasteiger partial charge < -0.3 is 14.4 Å². The van der Waals surface area contributed by atoms with E-state index in [9.17, 15) is 0 Å². The standard InChI is InChI=1S/C23H31N5O2/c1-16(2)18-8-10-19(11-9-18)22(27(3)4)23-24-25-26-28(23)14-13-17-7-12-20(29-5)21(15-17)30-6/h7-12,15-16,22H,13-14H2,1-6H3/p+1/t22-/m1/s1. The van der Waals surface area contributed by atoms with Gasteiger partial charge in [0, 0.05) is 12.1 Å². The number of quaternary nitrogens is 1. The molecular weight excluding hydrogens is 378 g/mol. The molecule has 160 valence electrons. The van der Waals surface area contributed by atoms with Gasteiger partial charge in [0.15, 0.2) is 17.5 Å². The summed E-state index contributed by atoms with van der Waals surface area (Å²) in [6.07, 6.45) is 0.792. The number of hydrogen-bond donors (Lipinski definition) is 1. The van der Waals surface area contributed by atoms with Crippen LogP contribution in [0.1, 0.15) is 48.3 Å². The molecule has 3 rings (SSSR count). The normalized spacial score (nSPS) is 12.4. The Kier molecular flexibility index (Phi) is 7.05. The summed E-state index contributed by atoms with van der Waals surface area (Å²) in [4.78, 5) is 1.26. The quantitative estimate of drug-likeness (QED) is 0.586. The van der Waals surface area contributed by atoms with Crippen LogP contribution < -0.4 is 14.4 Å². The Morgan fingerprint density at radius 2 is 1.60 bits per heavy atom. The summed E-state index contributed by atoms with van der Waals surface area (Å²) in [5, 5.41) is 12.6. The molecule has 7 heteroatoms. The van der Waals surface area contributed by atoms with Gasteiger partial charge in [-0.25, -0.2) is 4.68 Å². The zero-order valence-corrected chi connectivity index (χ0v) is 18.7. The molecular formula is C23H32N5O2+. The smallest absolute Gasteiger partial charge is 0.214 e. The lowest BCUT2D eigenvalue weighted by Crippen LogP contribution is -3.06. The minimum Gasteiger partial charge on any atom is -0.493 e.